The van der Waals surface area contributed by atoms with Gasteiger partial charge in [0.05, 0.1) is 16.8 Å². The van der Waals surface area contributed by atoms with Gasteiger partial charge in [-0.15, -0.1) is 0 Å². The predicted molar refractivity (Wildman–Crippen MR) is 111 cm³/mol. The molecule has 3 aromatic rings. The van der Waals surface area contributed by atoms with Crippen LogP contribution in [0.3, 0.4) is 0 Å². The lowest BCUT2D eigenvalue weighted by atomic mass is 9.69. The van der Waals surface area contributed by atoms with Crippen molar-refractivity contribution in [2.75, 3.05) is 13.1 Å². The molecular weight excluding hydrogens is 402 g/mol. The van der Waals surface area contributed by atoms with Gasteiger partial charge in [0.15, 0.2) is 11.4 Å². The second-order valence-electron chi connectivity index (χ2n) is 8.59. The zero-order valence-electron chi connectivity index (χ0n) is 17.5. The zero-order valence-corrected chi connectivity index (χ0v) is 17.5. The van der Waals surface area contributed by atoms with E-state index in [2.05, 4.69) is 15.6 Å². The van der Waals surface area contributed by atoms with Crippen molar-refractivity contribution in [1.82, 2.24) is 20.0 Å². The number of imidazole rings is 1. The van der Waals surface area contributed by atoms with E-state index in [-0.39, 0.29) is 23.6 Å². The number of nitrogens with one attached hydrogen (secondary N) is 2. The molecule has 8 heteroatoms. The van der Waals surface area contributed by atoms with Gasteiger partial charge in [-0.2, -0.15) is 0 Å². The molecule has 2 unspecified atom stereocenters. The molecule has 2 N–H and O–H groups in total. The molecule has 2 aliphatic rings. The Morgan fingerprint density at radius 1 is 1.35 bits per heavy atom. The van der Waals surface area contributed by atoms with Gasteiger partial charge in [-0.25, -0.2) is 13.8 Å². The van der Waals surface area contributed by atoms with Crippen LogP contribution >= 0.6 is 0 Å². The summed E-state index contributed by atoms with van der Waals surface area (Å²) in [6, 6.07) is 5.46. The average Bonchev–Trinajstić information content (AvgIpc) is 3.18. The SMILES string of the molecule is Cc1cc(OCc2c(F)cccc2F)c2nc(C)c(C(=O)NC34CCC3CNC4)n2c1. The van der Waals surface area contributed by atoms with Gasteiger partial charge in [0.2, 0.25) is 0 Å². The summed E-state index contributed by atoms with van der Waals surface area (Å²) in [5.74, 6) is -0.667. The fourth-order valence-corrected chi connectivity index (χ4v) is 4.75. The molecule has 1 saturated heterocycles. The van der Waals surface area contributed by atoms with Crippen molar-refractivity contribution in [1.29, 1.82) is 0 Å². The number of amides is 1. The van der Waals surface area contributed by atoms with Crippen molar-refractivity contribution in [3.05, 3.63) is 64.6 Å². The highest BCUT2D eigenvalue weighted by molar-refractivity contribution is 5.95. The first kappa shape index (κ1) is 19.9. The molecule has 2 fully saturated rings. The maximum Gasteiger partial charge on any atom is 0.270 e. The Bertz CT molecular complexity index is 1170. The second kappa shape index (κ2) is 7.30. The van der Waals surface area contributed by atoms with Crippen LogP contribution in [0.5, 0.6) is 5.75 Å². The van der Waals surface area contributed by atoms with Crippen LogP contribution in [0.2, 0.25) is 0 Å². The molecule has 2 atom stereocenters. The van der Waals surface area contributed by atoms with Gasteiger partial charge >= 0.3 is 0 Å². The van der Waals surface area contributed by atoms with E-state index in [1.54, 1.807) is 17.4 Å². The summed E-state index contributed by atoms with van der Waals surface area (Å²) < 4.78 is 35.5. The van der Waals surface area contributed by atoms with E-state index in [9.17, 15) is 13.6 Å². The Kier molecular flexibility index (Phi) is 4.69. The van der Waals surface area contributed by atoms with Gasteiger partial charge in [-0.3, -0.25) is 9.20 Å². The highest BCUT2D eigenvalue weighted by Crippen LogP contribution is 2.41. The Morgan fingerprint density at radius 3 is 2.81 bits per heavy atom. The van der Waals surface area contributed by atoms with E-state index in [0.29, 0.717) is 28.7 Å². The number of aromatic nitrogens is 2. The van der Waals surface area contributed by atoms with Crippen molar-refractivity contribution in [2.45, 2.75) is 38.8 Å². The normalized spacial score (nSPS) is 22.3. The summed E-state index contributed by atoms with van der Waals surface area (Å²) in [4.78, 5) is 17.8. The number of nitrogens with zero attached hydrogens (tertiary/aromatic N) is 2. The summed E-state index contributed by atoms with van der Waals surface area (Å²) >= 11 is 0. The average molecular weight is 426 g/mol. The first-order chi connectivity index (χ1) is 14.9. The Labute approximate surface area is 178 Å². The third kappa shape index (κ3) is 3.26. The van der Waals surface area contributed by atoms with Gasteiger partial charge in [0, 0.05) is 19.3 Å². The van der Waals surface area contributed by atoms with E-state index in [0.717, 1.165) is 31.5 Å². The van der Waals surface area contributed by atoms with Crippen molar-refractivity contribution < 1.29 is 18.3 Å². The minimum absolute atomic E-state index is 0.146. The van der Waals surface area contributed by atoms with E-state index >= 15 is 0 Å². The number of pyridine rings is 1. The quantitative estimate of drug-likeness (QED) is 0.657. The molecule has 3 heterocycles. The summed E-state index contributed by atoms with van der Waals surface area (Å²) in [7, 11) is 0. The molecule has 0 radical (unpaired) electrons. The standard InChI is InChI=1S/C23H24F2N4O2/c1-13-8-19(31-11-16-17(24)4-3-5-18(16)25)21-27-14(2)20(29(21)10-13)22(30)28-23-7-6-15(23)9-26-12-23/h3-5,8,10,15,26H,6-7,9,11-12H2,1-2H3,(H,28,30). The number of carbonyl (C=O) groups is 1. The van der Waals surface area contributed by atoms with Crippen LogP contribution < -0.4 is 15.4 Å². The van der Waals surface area contributed by atoms with Gasteiger partial charge in [-0.1, -0.05) is 6.07 Å². The fraction of sp³-hybridized carbons (Fsp3) is 0.391. The largest absolute Gasteiger partial charge is 0.485 e. The topological polar surface area (TPSA) is 67.7 Å². The lowest BCUT2D eigenvalue weighted by molar-refractivity contribution is 0.0758. The summed E-state index contributed by atoms with van der Waals surface area (Å²) in [6.07, 6.45) is 3.90. The van der Waals surface area contributed by atoms with Gasteiger partial charge < -0.3 is 15.4 Å². The molecule has 2 aromatic heterocycles. The number of fused-ring (bicyclic) bond motifs is 2. The maximum atomic E-state index is 14.0. The van der Waals surface area contributed by atoms with Crippen LogP contribution in [-0.2, 0) is 6.61 Å². The molecule has 1 saturated carbocycles. The van der Waals surface area contributed by atoms with E-state index in [1.807, 2.05) is 13.1 Å². The van der Waals surface area contributed by atoms with Crippen LogP contribution in [0.4, 0.5) is 8.78 Å². The van der Waals surface area contributed by atoms with Gasteiger partial charge in [0.25, 0.3) is 5.91 Å². The molecular formula is C23H24F2N4O2. The number of halogens is 2. The molecule has 5 rings (SSSR count). The second-order valence-corrected chi connectivity index (χ2v) is 8.59. The number of aryl methyl sites for hydroxylation is 2. The molecule has 0 spiro atoms. The van der Waals surface area contributed by atoms with E-state index in [1.165, 1.54) is 18.2 Å². The minimum atomic E-state index is -0.664. The van der Waals surface area contributed by atoms with Gasteiger partial charge in [0.1, 0.15) is 23.9 Å². The first-order valence-corrected chi connectivity index (χ1v) is 10.5. The highest BCUT2D eigenvalue weighted by Gasteiger charge is 2.51. The third-order valence-corrected chi connectivity index (χ3v) is 6.56. The van der Waals surface area contributed by atoms with E-state index < -0.39 is 11.6 Å². The predicted octanol–water partition coefficient (Wildman–Crippen LogP) is 3.29. The lowest BCUT2D eigenvalue weighted by Gasteiger charge is -2.44. The molecule has 1 aromatic carbocycles. The smallest absolute Gasteiger partial charge is 0.270 e. The first-order valence-electron chi connectivity index (χ1n) is 10.5. The van der Waals surface area contributed by atoms with Crippen LogP contribution in [0, 0.1) is 31.4 Å². The fourth-order valence-electron chi connectivity index (χ4n) is 4.75. The summed E-state index contributed by atoms with van der Waals surface area (Å²) in [5, 5.41) is 6.61. The monoisotopic (exact) mass is 426 g/mol. The highest BCUT2D eigenvalue weighted by atomic mass is 19.1. The van der Waals surface area contributed by atoms with Gasteiger partial charge in [-0.05, 0) is 56.4 Å². The minimum Gasteiger partial charge on any atom is -0.485 e. The number of ether oxygens (including phenoxy) is 1. The Balaban J connectivity index is 1.47. The van der Waals surface area contributed by atoms with Crippen LogP contribution in [-0.4, -0.2) is 33.9 Å². The summed E-state index contributed by atoms with van der Waals surface area (Å²) in [5.41, 5.74) is 1.98. The number of hydrogen-bond acceptors (Lipinski definition) is 4. The number of carbonyl (C=O) groups excluding carboxylic acids is 1. The molecule has 162 valence electrons. The van der Waals surface area contributed by atoms with E-state index in [4.69, 9.17) is 4.74 Å². The molecule has 1 aliphatic heterocycles. The maximum absolute atomic E-state index is 14.0. The third-order valence-electron chi connectivity index (χ3n) is 6.56. The van der Waals surface area contributed by atoms with Crippen LogP contribution in [0.1, 0.15) is 40.2 Å². The van der Waals surface area contributed by atoms with Crippen LogP contribution in [0.25, 0.3) is 5.65 Å². The number of benzene rings is 1. The zero-order chi connectivity index (χ0) is 21.8. The molecule has 31 heavy (non-hydrogen) atoms. The van der Waals surface area contributed by atoms with Crippen molar-refractivity contribution >= 4 is 11.6 Å². The number of rotatable bonds is 5. The molecule has 1 aliphatic carbocycles. The lowest BCUT2D eigenvalue weighted by Crippen LogP contribution is -2.60. The van der Waals surface area contributed by atoms with Crippen molar-refractivity contribution in [3.8, 4) is 5.75 Å². The van der Waals surface area contributed by atoms with Crippen molar-refractivity contribution in [2.24, 2.45) is 5.92 Å². The molecule has 6 nitrogen and oxygen atoms in total. The number of hydrogen-bond donors (Lipinski definition) is 2. The van der Waals surface area contributed by atoms with Crippen molar-refractivity contribution in [3.63, 3.8) is 0 Å². The summed E-state index contributed by atoms with van der Waals surface area (Å²) in [6.45, 7) is 5.08. The molecule has 1 amide bonds. The Hall–Kier alpha value is -3.00. The Morgan fingerprint density at radius 2 is 2.13 bits per heavy atom. The van der Waals surface area contributed by atoms with Crippen LogP contribution in [0.15, 0.2) is 30.5 Å². The molecule has 0 bridgehead atoms.